The van der Waals surface area contributed by atoms with E-state index in [1.807, 2.05) is 6.07 Å². The molecule has 18 heavy (non-hydrogen) atoms. The molecule has 0 aromatic heterocycles. The fraction of sp³-hybridized carbons (Fsp3) is 0.571. The maximum Gasteiger partial charge on any atom is 0.123 e. The van der Waals surface area contributed by atoms with Crippen LogP contribution >= 0.6 is 0 Å². The number of nitrogens with zero attached hydrogens (tertiary/aromatic N) is 2. The van der Waals surface area contributed by atoms with Crippen molar-refractivity contribution in [2.24, 2.45) is 0 Å². The van der Waals surface area contributed by atoms with Crippen molar-refractivity contribution in [2.75, 3.05) is 40.3 Å². The van der Waals surface area contributed by atoms with E-state index in [9.17, 15) is 4.39 Å². The Kier molecular flexibility index (Phi) is 4.69. The molecule has 0 amide bonds. The van der Waals surface area contributed by atoms with Gasteiger partial charge in [-0.1, -0.05) is 12.1 Å². The van der Waals surface area contributed by atoms with E-state index in [1.54, 1.807) is 12.1 Å². The van der Waals surface area contributed by atoms with Crippen molar-refractivity contribution in [2.45, 2.75) is 12.6 Å². The Bertz CT molecular complexity index is 383. The van der Waals surface area contributed by atoms with E-state index < -0.39 is 0 Å². The van der Waals surface area contributed by atoms with Crippen molar-refractivity contribution in [3.63, 3.8) is 0 Å². The summed E-state index contributed by atoms with van der Waals surface area (Å²) in [5.41, 5.74) is 1.03. The van der Waals surface area contributed by atoms with Crippen LogP contribution in [0.25, 0.3) is 0 Å². The number of likely N-dealkylation sites (N-methyl/N-ethyl adjacent to an activating group) is 2. The molecule has 2 rings (SSSR count). The molecule has 1 aromatic rings. The van der Waals surface area contributed by atoms with Crippen LogP contribution in [0.3, 0.4) is 0 Å². The molecule has 1 aliphatic heterocycles. The predicted octanol–water partition coefficient (Wildman–Crippen LogP) is 1.16. The first-order chi connectivity index (χ1) is 8.63. The van der Waals surface area contributed by atoms with Crippen molar-refractivity contribution in [1.82, 2.24) is 15.1 Å². The predicted molar refractivity (Wildman–Crippen MR) is 72.0 cm³/mol. The van der Waals surface area contributed by atoms with E-state index in [0.29, 0.717) is 6.04 Å². The normalized spacial score (nSPS) is 21.4. The van der Waals surface area contributed by atoms with Crippen molar-refractivity contribution in [3.05, 3.63) is 35.6 Å². The summed E-state index contributed by atoms with van der Waals surface area (Å²) in [4.78, 5) is 4.59. The lowest BCUT2D eigenvalue weighted by Gasteiger charge is -2.33. The summed E-state index contributed by atoms with van der Waals surface area (Å²) in [7, 11) is 4.24. The Labute approximate surface area is 109 Å². The highest BCUT2D eigenvalue weighted by Gasteiger charge is 2.17. The van der Waals surface area contributed by atoms with Gasteiger partial charge in [0.2, 0.25) is 0 Å². The quantitative estimate of drug-likeness (QED) is 0.866. The van der Waals surface area contributed by atoms with Gasteiger partial charge >= 0.3 is 0 Å². The second-order valence-corrected chi connectivity index (χ2v) is 5.24. The van der Waals surface area contributed by atoms with Gasteiger partial charge in [0.05, 0.1) is 0 Å². The van der Waals surface area contributed by atoms with Crippen LogP contribution in [-0.4, -0.2) is 56.1 Å². The summed E-state index contributed by atoms with van der Waals surface area (Å²) in [6.45, 7) is 5.02. The molecule has 0 radical (unpaired) electrons. The van der Waals surface area contributed by atoms with Gasteiger partial charge in [-0.05, 0) is 31.8 Å². The van der Waals surface area contributed by atoms with Crippen molar-refractivity contribution >= 4 is 0 Å². The molecule has 1 saturated heterocycles. The van der Waals surface area contributed by atoms with E-state index in [4.69, 9.17) is 0 Å². The minimum atomic E-state index is -0.156. The second-order valence-electron chi connectivity index (χ2n) is 5.24. The van der Waals surface area contributed by atoms with Crippen LogP contribution in [-0.2, 0) is 6.54 Å². The van der Waals surface area contributed by atoms with Crippen molar-refractivity contribution in [1.29, 1.82) is 0 Å². The van der Waals surface area contributed by atoms with Gasteiger partial charge in [-0.25, -0.2) is 4.39 Å². The van der Waals surface area contributed by atoms with Gasteiger partial charge in [-0.15, -0.1) is 0 Å². The number of rotatable bonds is 4. The zero-order valence-electron chi connectivity index (χ0n) is 11.2. The van der Waals surface area contributed by atoms with Crippen LogP contribution in [0.4, 0.5) is 4.39 Å². The zero-order chi connectivity index (χ0) is 13.0. The van der Waals surface area contributed by atoms with E-state index >= 15 is 0 Å². The first kappa shape index (κ1) is 13.5. The fourth-order valence-corrected chi connectivity index (χ4v) is 2.50. The standard InChI is InChI=1S/C14H22FN3/c1-17-7-6-16-14(10-17)11-18(2)9-12-4-3-5-13(15)8-12/h3-5,8,14,16H,6-7,9-11H2,1-2H3. The highest BCUT2D eigenvalue weighted by molar-refractivity contribution is 5.16. The molecule has 4 heteroatoms. The first-order valence-corrected chi connectivity index (χ1v) is 6.48. The lowest BCUT2D eigenvalue weighted by atomic mass is 10.1. The molecule has 1 aliphatic rings. The molecule has 0 aliphatic carbocycles. The second kappa shape index (κ2) is 6.27. The SMILES string of the molecule is CN1CCNC(CN(C)Cc2cccc(F)c2)C1. The summed E-state index contributed by atoms with van der Waals surface area (Å²) >= 11 is 0. The van der Waals surface area contributed by atoms with Crippen LogP contribution in [0.5, 0.6) is 0 Å². The minimum absolute atomic E-state index is 0.156. The van der Waals surface area contributed by atoms with Crippen LogP contribution in [0.15, 0.2) is 24.3 Å². The molecule has 0 spiro atoms. The highest BCUT2D eigenvalue weighted by atomic mass is 19.1. The lowest BCUT2D eigenvalue weighted by Crippen LogP contribution is -2.53. The van der Waals surface area contributed by atoms with Gasteiger partial charge in [-0.3, -0.25) is 0 Å². The van der Waals surface area contributed by atoms with Crippen molar-refractivity contribution < 1.29 is 4.39 Å². The summed E-state index contributed by atoms with van der Waals surface area (Å²) in [5, 5.41) is 3.52. The maximum atomic E-state index is 13.1. The largest absolute Gasteiger partial charge is 0.310 e. The van der Waals surface area contributed by atoms with Crippen LogP contribution < -0.4 is 5.32 Å². The van der Waals surface area contributed by atoms with E-state index in [-0.39, 0.29) is 5.82 Å². The smallest absolute Gasteiger partial charge is 0.123 e. The average molecular weight is 251 g/mol. The topological polar surface area (TPSA) is 18.5 Å². The molecule has 3 nitrogen and oxygen atoms in total. The van der Waals surface area contributed by atoms with E-state index in [0.717, 1.165) is 38.3 Å². The Morgan fingerprint density at radius 2 is 2.33 bits per heavy atom. The Hall–Kier alpha value is -0.970. The average Bonchev–Trinajstić information content (AvgIpc) is 2.28. The summed E-state index contributed by atoms with van der Waals surface area (Å²) in [6, 6.07) is 7.34. The number of benzene rings is 1. The molecule has 1 heterocycles. The maximum absolute atomic E-state index is 13.1. The van der Waals surface area contributed by atoms with E-state index in [2.05, 4.69) is 29.2 Å². The monoisotopic (exact) mass is 251 g/mol. The molecule has 0 saturated carbocycles. The van der Waals surface area contributed by atoms with Gasteiger partial charge in [-0.2, -0.15) is 0 Å². The number of hydrogen-bond donors (Lipinski definition) is 1. The molecule has 100 valence electrons. The summed E-state index contributed by atoms with van der Waals surface area (Å²) in [6.07, 6.45) is 0. The minimum Gasteiger partial charge on any atom is -0.310 e. The van der Waals surface area contributed by atoms with Crippen molar-refractivity contribution in [3.8, 4) is 0 Å². The molecule has 0 bridgehead atoms. The zero-order valence-corrected chi connectivity index (χ0v) is 11.2. The van der Waals surface area contributed by atoms with Gasteiger partial charge in [0.15, 0.2) is 0 Å². The Morgan fingerprint density at radius 3 is 3.06 bits per heavy atom. The first-order valence-electron chi connectivity index (χ1n) is 6.48. The van der Waals surface area contributed by atoms with Gasteiger partial charge in [0.25, 0.3) is 0 Å². The molecule has 1 fully saturated rings. The van der Waals surface area contributed by atoms with Gasteiger partial charge < -0.3 is 15.1 Å². The molecule has 1 aromatic carbocycles. The summed E-state index contributed by atoms with van der Waals surface area (Å²) < 4.78 is 13.1. The van der Waals surface area contributed by atoms with Gasteiger partial charge in [0.1, 0.15) is 5.82 Å². The third-order valence-corrected chi connectivity index (χ3v) is 3.33. The van der Waals surface area contributed by atoms with Crippen LogP contribution in [0.1, 0.15) is 5.56 Å². The van der Waals surface area contributed by atoms with E-state index in [1.165, 1.54) is 6.07 Å². The summed E-state index contributed by atoms with van der Waals surface area (Å²) in [5.74, 6) is -0.156. The van der Waals surface area contributed by atoms with Gasteiger partial charge in [0, 0.05) is 38.8 Å². The third kappa shape index (κ3) is 4.05. The highest BCUT2D eigenvalue weighted by Crippen LogP contribution is 2.07. The Balaban J connectivity index is 1.82. The molecule has 1 atom stereocenters. The molecular formula is C14H22FN3. The molecule has 1 N–H and O–H groups in total. The third-order valence-electron chi connectivity index (χ3n) is 3.33. The Morgan fingerprint density at radius 1 is 1.50 bits per heavy atom. The lowest BCUT2D eigenvalue weighted by molar-refractivity contribution is 0.192. The van der Waals surface area contributed by atoms with Crippen LogP contribution in [0, 0.1) is 5.82 Å². The fourth-order valence-electron chi connectivity index (χ4n) is 2.50. The number of halogens is 1. The molecular weight excluding hydrogens is 229 g/mol. The molecule has 1 unspecified atom stereocenters. The number of hydrogen-bond acceptors (Lipinski definition) is 3. The number of nitrogens with one attached hydrogen (secondary N) is 1. The number of piperazine rings is 1. The van der Waals surface area contributed by atoms with Crippen LogP contribution in [0.2, 0.25) is 0 Å².